The van der Waals surface area contributed by atoms with Gasteiger partial charge in [0.1, 0.15) is 5.82 Å². The zero-order valence-corrected chi connectivity index (χ0v) is 13.5. The molecule has 1 N–H and O–H groups in total. The highest BCUT2D eigenvalue weighted by Crippen LogP contribution is 2.35. The summed E-state index contributed by atoms with van der Waals surface area (Å²) in [5.41, 5.74) is 3.16. The first-order valence-corrected chi connectivity index (χ1v) is 7.97. The molecule has 1 aromatic carbocycles. The molecule has 1 atom stereocenters. The SMILES string of the molecule is CCCNC(c1cc(C)c(Cl)s1)c1ccc(F)cc1C. The van der Waals surface area contributed by atoms with Gasteiger partial charge < -0.3 is 5.32 Å². The molecule has 0 aliphatic rings. The van der Waals surface area contributed by atoms with Gasteiger partial charge in [0.25, 0.3) is 0 Å². The second kappa shape index (κ2) is 6.70. The summed E-state index contributed by atoms with van der Waals surface area (Å²) in [5.74, 6) is -0.194. The lowest BCUT2D eigenvalue weighted by Crippen LogP contribution is -2.23. The van der Waals surface area contributed by atoms with Crippen molar-refractivity contribution in [3.05, 3.63) is 56.0 Å². The van der Waals surface area contributed by atoms with Crippen LogP contribution in [-0.2, 0) is 0 Å². The number of thiophene rings is 1. The highest BCUT2D eigenvalue weighted by Gasteiger charge is 2.19. The summed E-state index contributed by atoms with van der Waals surface area (Å²) in [4.78, 5) is 1.18. The van der Waals surface area contributed by atoms with E-state index in [9.17, 15) is 4.39 Å². The molecule has 0 bridgehead atoms. The number of hydrogen-bond donors (Lipinski definition) is 1. The molecule has 108 valence electrons. The van der Waals surface area contributed by atoms with Crippen molar-refractivity contribution in [2.24, 2.45) is 0 Å². The van der Waals surface area contributed by atoms with Crippen molar-refractivity contribution >= 4 is 22.9 Å². The van der Waals surface area contributed by atoms with Crippen molar-refractivity contribution in [3.8, 4) is 0 Å². The highest BCUT2D eigenvalue weighted by atomic mass is 35.5. The Labute approximate surface area is 128 Å². The van der Waals surface area contributed by atoms with Gasteiger partial charge in [-0.2, -0.15) is 0 Å². The van der Waals surface area contributed by atoms with Crippen LogP contribution in [0.3, 0.4) is 0 Å². The molecule has 0 radical (unpaired) electrons. The number of hydrogen-bond acceptors (Lipinski definition) is 2. The van der Waals surface area contributed by atoms with Crippen LogP contribution in [0.2, 0.25) is 4.34 Å². The minimum absolute atomic E-state index is 0.0757. The van der Waals surface area contributed by atoms with Gasteiger partial charge in [-0.05, 0) is 61.7 Å². The Morgan fingerprint density at radius 2 is 2.00 bits per heavy atom. The second-order valence-electron chi connectivity index (χ2n) is 4.99. The van der Waals surface area contributed by atoms with Gasteiger partial charge in [0, 0.05) is 4.88 Å². The third-order valence-electron chi connectivity index (χ3n) is 3.30. The molecule has 0 fully saturated rings. The van der Waals surface area contributed by atoms with E-state index in [0.29, 0.717) is 0 Å². The number of aryl methyl sites for hydroxylation is 2. The topological polar surface area (TPSA) is 12.0 Å². The Morgan fingerprint density at radius 1 is 1.25 bits per heavy atom. The van der Waals surface area contributed by atoms with Gasteiger partial charge in [0.15, 0.2) is 0 Å². The van der Waals surface area contributed by atoms with E-state index in [1.807, 2.05) is 19.9 Å². The van der Waals surface area contributed by atoms with Gasteiger partial charge in [-0.1, -0.05) is 24.6 Å². The fourth-order valence-corrected chi connectivity index (χ4v) is 3.55. The molecule has 2 rings (SSSR count). The van der Waals surface area contributed by atoms with E-state index in [0.717, 1.165) is 34.0 Å². The molecule has 1 unspecified atom stereocenters. The number of benzene rings is 1. The molecule has 1 heterocycles. The van der Waals surface area contributed by atoms with Gasteiger partial charge in [-0.3, -0.25) is 0 Å². The van der Waals surface area contributed by atoms with Gasteiger partial charge in [-0.15, -0.1) is 11.3 Å². The summed E-state index contributed by atoms with van der Waals surface area (Å²) in [6, 6.07) is 7.15. The standard InChI is InChI=1S/C16H19ClFNS/c1-4-7-19-15(14-9-11(3)16(17)20-14)13-6-5-12(18)8-10(13)2/h5-6,8-9,15,19H,4,7H2,1-3H3. The van der Waals surface area contributed by atoms with E-state index in [2.05, 4.69) is 18.3 Å². The fourth-order valence-electron chi connectivity index (χ4n) is 2.24. The molecule has 0 amide bonds. The molecular formula is C16H19ClFNS. The van der Waals surface area contributed by atoms with E-state index in [1.54, 1.807) is 17.4 Å². The van der Waals surface area contributed by atoms with Crippen molar-refractivity contribution in [2.75, 3.05) is 6.54 Å². The van der Waals surface area contributed by atoms with Gasteiger partial charge in [0.2, 0.25) is 0 Å². The van der Waals surface area contributed by atoms with Crippen molar-refractivity contribution in [3.63, 3.8) is 0 Å². The largest absolute Gasteiger partial charge is 0.306 e. The quantitative estimate of drug-likeness (QED) is 0.795. The number of halogens is 2. The van der Waals surface area contributed by atoms with Crippen LogP contribution < -0.4 is 5.32 Å². The maximum Gasteiger partial charge on any atom is 0.123 e. The summed E-state index contributed by atoms with van der Waals surface area (Å²) in [7, 11) is 0. The summed E-state index contributed by atoms with van der Waals surface area (Å²) < 4.78 is 14.1. The van der Waals surface area contributed by atoms with Gasteiger partial charge in [-0.25, -0.2) is 4.39 Å². The van der Waals surface area contributed by atoms with E-state index < -0.39 is 0 Å². The van der Waals surface area contributed by atoms with E-state index in [-0.39, 0.29) is 11.9 Å². The Kier molecular flexibility index (Phi) is 5.19. The van der Waals surface area contributed by atoms with E-state index in [1.165, 1.54) is 10.9 Å². The lowest BCUT2D eigenvalue weighted by molar-refractivity contribution is 0.595. The second-order valence-corrected chi connectivity index (χ2v) is 6.68. The Morgan fingerprint density at radius 3 is 2.55 bits per heavy atom. The van der Waals surface area contributed by atoms with Crippen molar-refractivity contribution < 1.29 is 4.39 Å². The fraction of sp³-hybridized carbons (Fsp3) is 0.375. The Balaban J connectivity index is 2.41. The predicted molar refractivity (Wildman–Crippen MR) is 85.3 cm³/mol. The summed E-state index contributed by atoms with van der Waals surface area (Å²) >= 11 is 7.78. The molecule has 4 heteroatoms. The van der Waals surface area contributed by atoms with E-state index in [4.69, 9.17) is 11.6 Å². The smallest absolute Gasteiger partial charge is 0.123 e. The zero-order chi connectivity index (χ0) is 14.7. The van der Waals surface area contributed by atoms with Crippen LogP contribution in [0, 0.1) is 19.7 Å². The van der Waals surface area contributed by atoms with Gasteiger partial charge >= 0.3 is 0 Å². The van der Waals surface area contributed by atoms with Crippen molar-refractivity contribution in [2.45, 2.75) is 33.2 Å². The first kappa shape index (κ1) is 15.5. The van der Waals surface area contributed by atoms with Crippen LogP contribution in [0.5, 0.6) is 0 Å². The highest BCUT2D eigenvalue weighted by molar-refractivity contribution is 7.16. The normalized spacial score (nSPS) is 12.7. The van der Waals surface area contributed by atoms with Crippen molar-refractivity contribution in [1.29, 1.82) is 0 Å². The Bertz CT molecular complexity index is 575. The first-order chi connectivity index (χ1) is 9.52. The summed E-state index contributed by atoms with van der Waals surface area (Å²) in [6.07, 6.45) is 1.05. The van der Waals surface area contributed by atoms with Crippen molar-refractivity contribution in [1.82, 2.24) is 5.32 Å². The molecule has 2 aromatic rings. The molecule has 0 saturated heterocycles. The van der Waals surface area contributed by atoms with Gasteiger partial charge in [0.05, 0.1) is 10.4 Å². The number of nitrogens with one attached hydrogen (secondary N) is 1. The molecular weight excluding hydrogens is 293 g/mol. The van der Waals surface area contributed by atoms with Crippen LogP contribution in [0.25, 0.3) is 0 Å². The molecule has 1 nitrogen and oxygen atoms in total. The van der Waals surface area contributed by atoms with Crippen LogP contribution in [0.1, 0.15) is 41.0 Å². The molecule has 1 aromatic heterocycles. The zero-order valence-electron chi connectivity index (χ0n) is 12.0. The lowest BCUT2D eigenvalue weighted by atomic mass is 9.99. The maximum absolute atomic E-state index is 13.3. The lowest BCUT2D eigenvalue weighted by Gasteiger charge is -2.20. The van der Waals surface area contributed by atoms with Crippen LogP contribution in [0.15, 0.2) is 24.3 Å². The summed E-state index contributed by atoms with van der Waals surface area (Å²) in [5, 5.41) is 3.53. The molecule has 0 aliphatic heterocycles. The average molecular weight is 312 g/mol. The molecule has 20 heavy (non-hydrogen) atoms. The monoisotopic (exact) mass is 311 g/mol. The number of rotatable bonds is 5. The third-order valence-corrected chi connectivity index (χ3v) is 4.92. The molecule has 0 aliphatic carbocycles. The van der Waals surface area contributed by atoms with Crippen LogP contribution in [-0.4, -0.2) is 6.54 Å². The predicted octanol–water partition coefficient (Wildman–Crippen LogP) is 5.25. The maximum atomic E-state index is 13.3. The van der Waals surface area contributed by atoms with E-state index >= 15 is 0 Å². The minimum Gasteiger partial charge on any atom is -0.306 e. The summed E-state index contributed by atoms with van der Waals surface area (Å²) in [6.45, 7) is 7.00. The third kappa shape index (κ3) is 3.40. The van der Waals surface area contributed by atoms with Crippen LogP contribution >= 0.6 is 22.9 Å². The Hall–Kier alpha value is -0.900. The molecule has 0 saturated carbocycles. The minimum atomic E-state index is -0.194. The molecule has 0 spiro atoms. The average Bonchev–Trinajstić information content (AvgIpc) is 2.72. The van der Waals surface area contributed by atoms with Crippen LogP contribution in [0.4, 0.5) is 4.39 Å². The first-order valence-electron chi connectivity index (χ1n) is 6.78.